The lowest BCUT2D eigenvalue weighted by molar-refractivity contribution is -0.127. The molecule has 0 saturated carbocycles. The number of aldehydes is 1. The molecule has 0 aromatic heterocycles. The molecule has 9 heavy (non-hydrogen) atoms. The number of aliphatic hydroxyl groups excluding tert-OH is 1. The molecule has 0 saturated heterocycles. The summed E-state index contributed by atoms with van der Waals surface area (Å²) in [6.07, 6.45) is 1.60. The van der Waals surface area contributed by atoms with Gasteiger partial charge in [0.2, 0.25) is 5.78 Å². The zero-order chi connectivity index (χ0) is 7.28. The Morgan fingerprint density at radius 2 is 2.22 bits per heavy atom. The van der Waals surface area contributed by atoms with Gasteiger partial charge in [-0.1, -0.05) is 6.08 Å². The number of allylic oxidation sites excluding steroid dienone is 1. The van der Waals surface area contributed by atoms with Gasteiger partial charge in [0, 0.05) is 5.57 Å². The lowest BCUT2D eigenvalue weighted by atomic mass is 10.2. The van der Waals surface area contributed by atoms with Gasteiger partial charge in [0.25, 0.3) is 0 Å². The minimum absolute atomic E-state index is 0.144. The number of hydrogen-bond donors (Lipinski definition) is 1. The Balaban J connectivity index is 4.13. The molecule has 3 nitrogen and oxygen atoms in total. The summed E-state index contributed by atoms with van der Waals surface area (Å²) in [7, 11) is 0. The van der Waals surface area contributed by atoms with Gasteiger partial charge in [-0.15, -0.1) is 0 Å². The fourth-order valence-corrected chi connectivity index (χ4v) is 0.387. The zero-order valence-corrected chi connectivity index (χ0v) is 5.13. The lowest BCUT2D eigenvalue weighted by Crippen LogP contribution is -2.06. The predicted molar refractivity (Wildman–Crippen MR) is 31.9 cm³/mol. The molecule has 0 fully saturated rings. The lowest BCUT2D eigenvalue weighted by Gasteiger charge is -1.91. The van der Waals surface area contributed by atoms with Crippen LogP contribution in [-0.2, 0) is 9.59 Å². The van der Waals surface area contributed by atoms with Crippen molar-refractivity contribution in [3.8, 4) is 0 Å². The highest BCUT2D eigenvalue weighted by Crippen LogP contribution is 1.90. The van der Waals surface area contributed by atoms with Gasteiger partial charge < -0.3 is 5.11 Å². The summed E-state index contributed by atoms with van der Waals surface area (Å²) in [6.45, 7) is 1.22. The van der Waals surface area contributed by atoms with Crippen LogP contribution < -0.4 is 0 Å². The number of carbonyl (C=O) groups excluding carboxylic acids is 2. The molecule has 0 aliphatic rings. The maximum Gasteiger partial charge on any atom is 0.223 e. The van der Waals surface area contributed by atoms with Crippen LogP contribution in [0.4, 0.5) is 0 Å². The van der Waals surface area contributed by atoms with Gasteiger partial charge in [0.15, 0.2) is 6.29 Å². The molecule has 0 aliphatic carbocycles. The number of Topliss-reactive ketones (excluding diaryl/α,β-unsaturated/α-hetero) is 1. The van der Waals surface area contributed by atoms with Gasteiger partial charge in [0.1, 0.15) is 0 Å². The SMILES string of the molecule is CC=C(CO)C(=O)C=O. The van der Waals surface area contributed by atoms with E-state index in [2.05, 4.69) is 0 Å². The van der Waals surface area contributed by atoms with Crippen LogP contribution in [0, 0.1) is 0 Å². The van der Waals surface area contributed by atoms with E-state index in [4.69, 9.17) is 5.11 Å². The first kappa shape index (κ1) is 8.04. The Labute approximate surface area is 53.0 Å². The number of hydrogen-bond acceptors (Lipinski definition) is 3. The van der Waals surface area contributed by atoms with Crippen LogP contribution >= 0.6 is 0 Å². The molecule has 0 aromatic carbocycles. The van der Waals surface area contributed by atoms with Crippen LogP contribution in [0.2, 0.25) is 0 Å². The van der Waals surface area contributed by atoms with Crippen molar-refractivity contribution < 1.29 is 14.7 Å². The first-order chi connectivity index (χ1) is 4.26. The quantitative estimate of drug-likeness (QED) is 0.322. The maximum atomic E-state index is 10.4. The predicted octanol–water partition coefficient (Wildman–Crippen LogP) is -0.307. The van der Waals surface area contributed by atoms with Gasteiger partial charge in [-0.3, -0.25) is 9.59 Å². The van der Waals surface area contributed by atoms with Crippen molar-refractivity contribution in [2.24, 2.45) is 0 Å². The average Bonchev–Trinajstić information content (AvgIpc) is 1.90. The molecule has 0 heterocycles. The highest BCUT2D eigenvalue weighted by molar-refractivity contribution is 6.33. The molecular weight excluding hydrogens is 120 g/mol. The Hall–Kier alpha value is -0.960. The third-order valence-corrected chi connectivity index (χ3v) is 0.942. The number of rotatable bonds is 3. The highest BCUT2D eigenvalue weighted by atomic mass is 16.3. The first-order valence-corrected chi connectivity index (χ1v) is 2.51. The van der Waals surface area contributed by atoms with Crippen LogP contribution in [0.3, 0.4) is 0 Å². The fraction of sp³-hybridized carbons (Fsp3) is 0.333. The summed E-state index contributed by atoms with van der Waals surface area (Å²) in [5, 5.41) is 8.38. The molecule has 0 aromatic rings. The average molecular weight is 128 g/mol. The summed E-state index contributed by atoms with van der Waals surface area (Å²) in [6, 6.07) is 0. The van der Waals surface area contributed by atoms with Crippen molar-refractivity contribution in [1.82, 2.24) is 0 Å². The van der Waals surface area contributed by atoms with E-state index < -0.39 is 5.78 Å². The molecule has 0 spiro atoms. The summed E-state index contributed by atoms with van der Waals surface area (Å²) in [5.74, 6) is -0.653. The molecule has 50 valence electrons. The molecule has 0 aliphatic heterocycles. The standard InChI is InChI=1S/C6H8O3/c1-2-5(3-7)6(9)4-8/h2,4,7H,3H2,1H3. The number of carbonyl (C=O) groups is 2. The van der Waals surface area contributed by atoms with E-state index in [0.717, 1.165) is 0 Å². The Kier molecular flexibility index (Phi) is 3.55. The topological polar surface area (TPSA) is 54.4 Å². The van der Waals surface area contributed by atoms with E-state index in [9.17, 15) is 9.59 Å². The van der Waals surface area contributed by atoms with E-state index in [-0.39, 0.29) is 18.5 Å². The van der Waals surface area contributed by atoms with Crippen LogP contribution in [0.5, 0.6) is 0 Å². The number of ketones is 1. The largest absolute Gasteiger partial charge is 0.392 e. The van der Waals surface area contributed by atoms with E-state index in [1.807, 2.05) is 0 Å². The molecule has 0 bridgehead atoms. The Morgan fingerprint density at radius 3 is 2.33 bits per heavy atom. The third-order valence-electron chi connectivity index (χ3n) is 0.942. The van der Waals surface area contributed by atoms with E-state index in [0.29, 0.717) is 0 Å². The number of aliphatic hydroxyl groups is 1. The Morgan fingerprint density at radius 1 is 1.67 bits per heavy atom. The molecule has 0 amide bonds. The molecule has 0 atom stereocenters. The fourth-order valence-electron chi connectivity index (χ4n) is 0.387. The molecule has 0 rings (SSSR count). The molecule has 0 radical (unpaired) electrons. The van der Waals surface area contributed by atoms with Gasteiger partial charge in [0.05, 0.1) is 6.61 Å². The third kappa shape index (κ3) is 2.19. The smallest absolute Gasteiger partial charge is 0.223 e. The summed E-state index contributed by atoms with van der Waals surface area (Å²) in [5.41, 5.74) is 0.144. The van der Waals surface area contributed by atoms with E-state index >= 15 is 0 Å². The van der Waals surface area contributed by atoms with Crippen molar-refractivity contribution in [2.75, 3.05) is 6.61 Å². The minimum Gasteiger partial charge on any atom is -0.392 e. The molecule has 0 unspecified atom stereocenters. The molecular formula is C6H8O3. The van der Waals surface area contributed by atoms with E-state index in [1.54, 1.807) is 6.92 Å². The summed E-state index contributed by atoms with van der Waals surface area (Å²) >= 11 is 0. The molecule has 3 heteroatoms. The van der Waals surface area contributed by atoms with Crippen LogP contribution in [-0.4, -0.2) is 23.8 Å². The first-order valence-electron chi connectivity index (χ1n) is 2.51. The van der Waals surface area contributed by atoms with Crippen LogP contribution in [0.15, 0.2) is 11.6 Å². The van der Waals surface area contributed by atoms with Crippen molar-refractivity contribution in [3.63, 3.8) is 0 Å². The Bertz CT molecular complexity index is 146. The zero-order valence-electron chi connectivity index (χ0n) is 5.13. The highest BCUT2D eigenvalue weighted by Gasteiger charge is 2.03. The van der Waals surface area contributed by atoms with Crippen LogP contribution in [0.25, 0.3) is 0 Å². The molecule has 1 N–H and O–H groups in total. The minimum atomic E-state index is -0.653. The second-order valence-corrected chi connectivity index (χ2v) is 1.45. The van der Waals surface area contributed by atoms with Gasteiger partial charge in [-0.2, -0.15) is 0 Å². The normalized spacial score (nSPS) is 11.1. The van der Waals surface area contributed by atoms with E-state index in [1.165, 1.54) is 6.08 Å². The van der Waals surface area contributed by atoms with Gasteiger partial charge >= 0.3 is 0 Å². The monoisotopic (exact) mass is 128 g/mol. The van der Waals surface area contributed by atoms with Gasteiger partial charge in [-0.25, -0.2) is 0 Å². The van der Waals surface area contributed by atoms with Crippen molar-refractivity contribution >= 4 is 12.1 Å². The van der Waals surface area contributed by atoms with Crippen molar-refractivity contribution in [3.05, 3.63) is 11.6 Å². The second kappa shape index (κ2) is 3.97. The summed E-state index contributed by atoms with van der Waals surface area (Å²) in [4.78, 5) is 20.1. The maximum absolute atomic E-state index is 10.4. The second-order valence-electron chi connectivity index (χ2n) is 1.45. The van der Waals surface area contributed by atoms with Crippen molar-refractivity contribution in [2.45, 2.75) is 6.92 Å². The summed E-state index contributed by atoms with van der Waals surface area (Å²) < 4.78 is 0. The van der Waals surface area contributed by atoms with Crippen molar-refractivity contribution in [1.29, 1.82) is 0 Å². The van der Waals surface area contributed by atoms with Crippen LogP contribution in [0.1, 0.15) is 6.92 Å². The van der Waals surface area contributed by atoms with Gasteiger partial charge in [-0.05, 0) is 6.92 Å².